The minimum Gasteiger partial charge on any atom is -0.477 e. The van der Waals surface area contributed by atoms with E-state index in [4.69, 9.17) is 5.11 Å². The van der Waals surface area contributed by atoms with E-state index in [2.05, 4.69) is 12.6 Å². The zero-order chi connectivity index (χ0) is 14.1. The number of hydrogen-bond acceptors (Lipinski definition) is 5. The highest BCUT2D eigenvalue weighted by Gasteiger charge is 2.32. The number of allylic oxidation sites excluding steroid dienone is 1. The molecule has 1 amide bonds. The Balaban J connectivity index is 3.30. The average molecular weight is 291 g/mol. The molecule has 0 aromatic carbocycles. The summed E-state index contributed by atoms with van der Waals surface area (Å²) in [5.41, 5.74) is -0.498. The summed E-state index contributed by atoms with van der Waals surface area (Å²) < 4.78 is 22.8. The first kappa shape index (κ1) is 14.8. The Morgan fingerprint density at radius 3 is 2.44 bits per heavy atom. The minimum absolute atomic E-state index is 0.0635. The summed E-state index contributed by atoms with van der Waals surface area (Å²) in [5, 5.41) is 10.4. The van der Waals surface area contributed by atoms with Gasteiger partial charge in [-0.05, 0) is 6.92 Å². The lowest BCUT2D eigenvalue weighted by Crippen LogP contribution is -2.38. The van der Waals surface area contributed by atoms with Gasteiger partial charge in [0.2, 0.25) is 5.91 Å². The van der Waals surface area contributed by atoms with Crippen molar-refractivity contribution in [2.75, 3.05) is 5.75 Å². The van der Waals surface area contributed by atoms with Crippen LogP contribution in [0.3, 0.4) is 0 Å². The van der Waals surface area contributed by atoms with Crippen LogP contribution in [0, 0.1) is 5.92 Å². The van der Waals surface area contributed by atoms with E-state index < -0.39 is 33.3 Å². The van der Waals surface area contributed by atoms with Gasteiger partial charge in [0.1, 0.15) is 5.70 Å². The van der Waals surface area contributed by atoms with Crippen LogP contribution < -0.4 is 0 Å². The maximum Gasteiger partial charge on any atom is 0.353 e. The summed E-state index contributed by atoms with van der Waals surface area (Å²) in [6.45, 7) is 2.96. The molecule has 0 saturated carbocycles. The third kappa shape index (κ3) is 2.94. The predicted octanol–water partition coefficient (Wildman–Crippen LogP) is 0.597. The van der Waals surface area contributed by atoms with Crippen molar-refractivity contribution in [3.8, 4) is 0 Å². The molecule has 6 nitrogen and oxygen atoms in total. The van der Waals surface area contributed by atoms with E-state index in [1.54, 1.807) is 6.92 Å². The minimum atomic E-state index is -3.74. The van der Waals surface area contributed by atoms with Gasteiger partial charge < -0.3 is 5.11 Å². The number of nitrogens with zero attached hydrogens (tertiary/aromatic N) is 1. The summed E-state index contributed by atoms with van der Waals surface area (Å²) in [4.78, 5) is 23.9. The number of rotatable bonds is 3. The summed E-state index contributed by atoms with van der Waals surface area (Å²) in [5.74, 6) is -2.24. The predicted molar refractivity (Wildman–Crippen MR) is 68.3 cm³/mol. The van der Waals surface area contributed by atoms with Gasteiger partial charge in [-0.3, -0.25) is 9.69 Å². The molecular formula is C10H13NO5S2. The van der Waals surface area contributed by atoms with E-state index in [0.717, 1.165) is 10.3 Å². The Hall–Kier alpha value is -1.28. The van der Waals surface area contributed by atoms with Crippen LogP contribution in [-0.4, -0.2) is 36.1 Å². The largest absolute Gasteiger partial charge is 0.477 e. The summed E-state index contributed by atoms with van der Waals surface area (Å²) >= 11 is 3.97. The van der Waals surface area contributed by atoms with E-state index in [-0.39, 0.29) is 11.4 Å². The highest BCUT2D eigenvalue weighted by molar-refractivity contribution is 7.97. The van der Waals surface area contributed by atoms with Crippen LogP contribution in [0.1, 0.15) is 13.8 Å². The van der Waals surface area contributed by atoms with Crippen LogP contribution in [0.4, 0.5) is 0 Å². The van der Waals surface area contributed by atoms with Crippen molar-refractivity contribution in [2.45, 2.75) is 13.8 Å². The van der Waals surface area contributed by atoms with Crippen LogP contribution in [0.25, 0.3) is 0 Å². The van der Waals surface area contributed by atoms with Crippen LogP contribution in [-0.2, 0) is 19.4 Å². The lowest BCUT2D eigenvalue weighted by atomic mass is 10.1. The first-order chi connectivity index (χ1) is 8.19. The van der Waals surface area contributed by atoms with Crippen LogP contribution >= 0.6 is 12.6 Å². The number of aliphatic carboxylic acids is 1. The van der Waals surface area contributed by atoms with Crippen molar-refractivity contribution in [3.05, 3.63) is 22.2 Å². The Morgan fingerprint density at radius 2 is 2.00 bits per heavy atom. The molecule has 1 aliphatic heterocycles. The van der Waals surface area contributed by atoms with Crippen molar-refractivity contribution in [3.63, 3.8) is 0 Å². The molecule has 0 spiro atoms. The smallest absolute Gasteiger partial charge is 0.353 e. The van der Waals surface area contributed by atoms with E-state index >= 15 is 0 Å². The molecule has 1 N–H and O–H groups in total. The molecule has 1 rings (SSSR count). The molecule has 0 radical (unpaired) electrons. The van der Waals surface area contributed by atoms with E-state index in [0.29, 0.717) is 5.41 Å². The van der Waals surface area contributed by atoms with E-state index in [1.165, 1.54) is 6.92 Å². The number of sulfone groups is 1. The summed E-state index contributed by atoms with van der Waals surface area (Å²) in [6.07, 6.45) is 0. The van der Waals surface area contributed by atoms with Crippen LogP contribution in [0.5, 0.6) is 0 Å². The number of hydrogen-bond donors (Lipinski definition) is 2. The molecule has 18 heavy (non-hydrogen) atoms. The second-order valence-electron chi connectivity index (χ2n) is 3.91. The number of carbonyl (C=O) groups excluding carboxylic acids is 1. The molecule has 0 fully saturated rings. The number of carbonyl (C=O) groups is 2. The van der Waals surface area contributed by atoms with Gasteiger partial charge in [0.25, 0.3) is 0 Å². The molecule has 1 aliphatic rings. The van der Waals surface area contributed by atoms with Gasteiger partial charge in [-0.15, -0.1) is 0 Å². The van der Waals surface area contributed by atoms with Crippen molar-refractivity contribution >= 4 is 34.3 Å². The van der Waals surface area contributed by atoms with E-state index in [1.807, 2.05) is 0 Å². The molecule has 0 aliphatic carbocycles. The molecule has 0 bridgehead atoms. The highest BCUT2D eigenvalue weighted by Crippen LogP contribution is 2.24. The van der Waals surface area contributed by atoms with Crippen molar-refractivity contribution < 1.29 is 23.1 Å². The molecule has 100 valence electrons. The van der Waals surface area contributed by atoms with Gasteiger partial charge in [0, 0.05) is 17.4 Å². The topological polar surface area (TPSA) is 91.8 Å². The molecule has 1 atom stereocenters. The Morgan fingerprint density at radius 1 is 1.44 bits per heavy atom. The first-order valence-electron chi connectivity index (χ1n) is 5.03. The fourth-order valence-corrected chi connectivity index (χ4v) is 2.78. The average Bonchev–Trinajstić information content (AvgIpc) is 2.24. The maximum atomic E-state index is 12.0. The van der Waals surface area contributed by atoms with E-state index in [9.17, 15) is 18.0 Å². The molecule has 0 aromatic heterocycles. The third-order valence-corrected chi connectivity index (χ3v) is 4.11. The van der Waals surface area contributed by atoms with Crippen LogP contribution in [0.15, 0.2) is 22.2 Å². The molecule has 1 heterocycles. The third-order valence-electron chi connectivity index (χ3n) is 2.34. The zero-order valence-corrected chi connectivity index (χ0v) is 11.5. The molecule has 0 saturated heterocycles. The lowest BCUT2D eigenvalue weighted by molar-refractivity contribution is -0.139. The number of carboxylic acid groups (broad SMARTS) is 1. The Kier molecular flexibility index (Phi) is 4.23. The Bertz CT molecular complexity index is 547. The number of carboxylic acids is 1. The molecular weight excluding hydrogens is 278 g/mol. The zero-order valence-electron chi connectivity index (χ0n) is 9.82. The molecule has 0 aromatic rings. The second-order valence-corrected chi connectivity index (χ2v) is 5.93. The second kappa shape index (κ2) is 5.15. The van der Waals surface area contributed by atoms with Crippen molar-refractivity contribution in [1.29, 1.82) is 0 Å². The summed E-state index contributed by atoms with van der Waals surface area (Å²) in [6, 6.07) is 0. The number of thiol groups is 1. The Labute approximate surface area is 110 Å². The molecule has 8 heteroatoms. The molecule has 1 unspecified atom stereocenters. The SMILES string of the molecule is CC1=CS(=O)(=O)C=C(C(=O)O)N1C(=O)C(C)CS. The quantitative estimate of drug-likeness (QED) is 0.743. The monoisotopic (exact) mass is 291 g/mol. The van der Waals surface area contributed by atoms with Gasteiger partial charge >= 0.3 is 5.97 Å². The van der Waals surface area contributed by atoms with Gasteiger partial charge in [-0.25, -0.2) is 13.2 Å². The fraction of sp³-hybridized carbons (Fsp3) is 0.400. The van der Waals surface area contributed by atoms with Crippen molar-refractivity contribution in [1.82, 2.24) is 4.90 Å². The van der Waals surface area contributed by atoms with Crippen molar-refractivity contribution in [2.24, 2.45) is 5.92 Å². The van der Waals surface area contributed by atoms with Gasteiger partial charge in [-0.2, -0.15) is 12.6 Å². The first-order valence-corrected chi connectivity index (χ1v) is 7.27. The fourth-order valence-electron chi connectivity index (χ4n) is 1.46. The standard InChI is InChI=1S/C10H13NO5S2/c1-6(3-17)9(12)11-7(2)4-18(15,16)5-8(11)10(13)14/h4-6,17H,3H2,1-2H3,(H,13,14). The van der Waals surface area contributed by atoms with Crippen LogP contribution in [0.2, 0.25) is 0 Å². The lowest BCUT2D eigenvalue weighted by Gasteiger charge is -2.28. The maximum absolute atomic E-state index is 12.0. The highest BCUT2D eigenvalue weighted by atomic mass is 32.2. The normalized spacial score (nSPS) is 19.8. The van der Waals surface area contributed by atoms with Gasteiger partial charge in [0.15, 0.2) is 9.84 Å². The van der Waals surface area contributed by atoms with Gasteiger partial charge in [-0.1, -0.05) is 6.92 Å². The van der Waals surface area contributed by atoms with Gasteiger partial charge in [0.05, 0.1) is 10.8 Å². The summed E-state index contributed by atoms with van der Waals surface area (Å²) in [7, 11) is -3.74. The number of amides is 1.